The summed E-state index contributed by atoms with van der Waals surface area (Å²) in [7, 11) is 0. The molecule has 3 atom stereocenters. The Hall–Kier alpha value is -1.23. The molecule has 0 bridgehead atoms. The van der Waals surface area contributed by atoms with E-state index in [2.05, 4.69) is 0 Å². The van der Waals surface area contributed by atoms with E-state index in [9.17, 15) is 19.1 Å². The highest BCUT2D eigenvalue weighted by atomic mass is 35.5. The molecule has 11 heteroatoms. The molecule has 0 saturated carbocycles. The fourth-order valence-corrected chi connectivity index (χ4v) is 3.89. The number of ether oxygens (including phenoxy) is 2. The summed E-state index contributed by atoms with van der Waals surface area (Å²) in [5.41, 5.74) is -1.90. The predicted octanol–water partition coefficient (Wildman–Crippen LogP) is 1.91. The molecule has 136 valence electrons. The molecule has 0 aliphatic carbocycles. The largest absolute Gasteiger partial charge is 0.394 e. The lowest BCUT2D eigenvalue weighted by Crippen LogP contribution is -2.34. The van der Waals surface area contributed by atoms with E-state index in [1.165, 1.54) is 11.3 Å². The third kappa shape index (κ3) is 3.97. The molecule has 1 aliphatic rings. The van der Waals surface area contributed by atoms with Crippen molar-refractivity contribution in [2.45, 2.75) is 31.5 Å². The molecule has 7 nitrogen and oxygen atoms in total. The van der Waals surface area contributed by atoms with Gasteiger partial charge >= 0.3 is 5.69 Å². The quantitative estimate of drug-likeness (QED) is 0.784. The molecule has 2 aromatic heterocycles. The second-order valence-electron chi connectivity index (χ2n) is 5.37. The molecule has 1 unspecified atom stereocenters. The maximum absolute atomic E-state index is 13.4. The highest BCUT2D eigenvalue weighted by molar-refractivity contribution is 7.16. The Bertz CT molecular complexity index is 863. The van der Waals surface area contributed by atoms with Gasteiger partial charge in [0.2, 0.25) is 5.82 Å². The molecule has 0 aromatic carbocycles. The summed E-state index contributed by atoms with van der Waals surface area (Å²) in [6, 6.07) is 1.68. The van der Waals surface area contributed by atoms with Gasteiger partial charge in [0, 0.05) is 11.3 Å². The molecular weight excluding hydrogens is 398 g/mol. The van der Waals surface area contributed by atoms with Crippen molar-refractivity contribution in [2.75, 3.05) is 6.61 Å². The zero-order chi connectivity index (χ0) is 18.1. The molecule has 1 fully saturated rings. The maximum atomic E-state index is 13.4. The van der Waals surface area contributed by atoms with Crippen LogP contribution in [0.3, 0.4) is 0 Å². The van der Waals surface area contributed by atoms with Crippen LogP contribution in [0.5, 0.6) is 0 Å². The van der Waals surface area contributed by atoms with Crippen molar-refractivity contribution in [1.82, 2.24) is 9.55 Å². The first-order valence-corrected chi connectivity index (χ1v) is 8.79. The standard InChI is InChI=1S/C14H13Cl2FN2O5S/c15-7-1-6(25-12(7)16)5-23-9-2-11(24-10(9)4-20)19-3-8(17)13(21)18-14(19)22/h1,3,9-11,20H,2,4-5H2,(H,18,21,22)/t9?,10-,11-/m0/s1. The monoisotopic (exact) mass is 410 g/mol. The Kier molecular flexibility index (Phi) is 5.62. The van der Waals surface area contributed by atoms with Crippen LogP contribution in [0.15, 0.2) is 21.9 Å². The Morgan fingerprint density at radius 3 is 2.88 bits per heavy atom. The summed E-state index contributed by atoms with van der Waals surface area (Å²) in [6.07, 6.45) is -1.11. The summed E-state index contributed by atoms with van der Waals surface area (Å²) in [5, 5.41) is 9.88. The van der Waals surface area contributed by atoms with Crippen LogP contribution in [-0.2, 0) is 16.1 Å². The Morgan fingerprint density at radius 1 is 1.48 bits per heavy atom. The average molecular weight is 411 g/mol. The number of nitrogens with one attached hydrogen (secondary N) is 1. The fraction of sp³-hybridized carbons (Fsp3) is 0.429. The molecule has 0 amide bonds. The summed E-state index contributed by atoms with van der Waals surface area (Å²) >= 11 is 13.0. The number of rotatable bonds is 5. The number of halogens is 3. The second kappa shape index (κ2) is 7.56. The SMILES string of the molecule is O=c1[nH]c(=O)n([C@@H]2CC(OCc3cc(Cl)c(Cl)s3)[C@H](CO)O2)cc1F. The number of hydrogen-bond donors (Lipinski definition) is 2. The van der Waals surface area contributed by atoms with Crippen molar-refractivity contribution < 1.29 is 19.0 Å². The Morgan fingerprint density at radius 2 is 2.24 bits per heavy atom. The van der Waals surface area contributed by atoms with E-state index < -0.39 is 35.5 Å². The number of hydrogen-bond acceptors (Lipinski definition) is 6. The van der Waals surface area contributed by atoms with E-state index >= 15 is 0 Å². The Labute approximate surface area is 154 Å². The molecule has 1 saturated heterocycles. The molecule has 0 spiro atoms. The molecule has 3 rings (SSSR count). The van der Waals surface area contributed by atoms with Gasteiger partial charge in [-0.15, -0.1) is 11.3 Å². The lowest BCUT2D eigenvalue weighted by molar-refractivity contribution is -0.0656. The van der Waals surface area contributed by atoms with Gasteiger partial charge < -0.3 is 14.6 Å². The normalized spacial score (nSPS) is 23.3. The number of aromatic nitrogens is 2. The van der Waals surface area contributed by atoms with E-state index in [0.29, 0.717) is 9.36 Å². The minimum Gasteiger partial charge on any atom is -0.394 e. The Balaban J connectivity index is 1.73. The van der Waals surface area contributed by atoms with Gasteiger partial charge in [-0.2, -0.15) is 4.39 Å². The van der Waals surface area contributed by atoms with Crippen LogP contribution >= 0.6 is 34.5 Å². The number of aliphatic hydroxyl groups excluding tert-OH is 1. The average Bonchev–Trinajstić information content (AvgIpc) is 3.12. The number of H-pyrrole nitrogens is 1. The van der Waals surface area contributed by atoms with Crippen molar-refractivity contribution in [3.8, 4) is 0 Å². The van der Waals surface area contributed by atoms with E-state index in [0.717, 1.165) is 15.6 Å². The van der Waals surface area contributed by atoms with E-state index in [-0.39, 0.29) is 19.6 Å². The first-order chi connectivity index (χ1) is 11.9. The van der Waals surface area contributed by atoms with Crippen LogP contribution in [0.1, 0.15) is 17.5 Å². The van der Waals surface area contributed by atoms with Crippen molar-refractivity contribution in [2.24, 2.45) is 0 Å². The van der Waals surface area contributed by atoms with Crippen LogP contribution in [0.4, 0.5) is 4.39 Å². The molecule has 2 aromatic rings. The molecule has 3 heterocycles. The first kappa shape index (κ1) is 18.6. The van der Waals surface area contributed by atoms with E-state index in [4.69, 9.17) is 32.7 Å². The molecule has 2 N–H and O–H groups in total. The number of aromatic amines is 1. The summed E-state index contributed by atoms with van der Waals surface area (Å²) in [5.74, 6) is -1.10. The van der Waals surface area contributed by atoms with Gasteiger partial charge in [0.1, 0.15) is 16.7 Å². The maximum Gasteiger partial charge on any atom is 0.330 e. The fourth-order valence-electron chi connectivity index (χ4n) is 2.54. The van der Waals surface area contributed by atoms with E-state index in [1.54, 1.807) is 6.07 Å². The zero-order valence-corrected chi connectivity index (χ0v) is 14.9. The minimum atomic E-state index is -1.10. The highest BCUT2D eigenvalue weighted by Gasteiger charge is 2.37. The van der Waals surface area contributed by atoms with Crippen molar-refractivity contribution in [3.63, 3.8) is 0 Å². The number of nitrogens with zero attached hydrogens (tertiary/aromatic N) is 1. The van der Waals surface area contributed by atoms with Gasteiger partial charge in [-0.3, -0.25) is 14.3 Å². The molecule has 25 heavy (non-hydrogen) atoms. The van der Waals surface area contributed by atoms with Gasteiger partial charge in [-0.25, -0.2) is 4.79 Å². The van der Waals surface area contributed by atoms with Gasteiger partial charge in [0.15, 0.2) is 0 Å². The van der Waals surface area contributed by atoms with Crippen LogP contribution < -0.4 is 11.2 Å². The number of aliphatic hydroxyl groups is 1. The summed E-state index contributed by atoms with van der Waals surface area (Å²) < 4.78 is 26.1. The lowest BCUT2D eigenvalue weighted by atomic mass is 10.2. The third-order valence-corrected chi connectivity index (χ3v) is 5.57. The van der Waals surface area contributed by atoms with Gasteiger partial charge in [0.25, 0.3) is 5.56 Å². The first-order valence-electron chi connectivity index (χ1n) is 7.21. The lowest BCUT2D eigenvalue weighted by Gasteiger charge is -2.16. The van der Waals surface area contributed by atoms with Gasteiger partial charge in [-0.1, -0.05) is 23.2 Å². The van der Waals surface area contributed by atoms with Crippen molar-refractivity contribution in [1.29, 1.82) is 0 Å². The topological polar surface area (TPSA) is 93.6 Å². The predicted molar refractivity (Wildman–Crippen MR) is 89.8 cm³/mol. The van der Waals surface area contributed by atoms with Gasteiger partial charge in [-0.05, 0) is 6.07 Å². The van der Waals surface area contributed by atoms with Crippen LogP contribution in [-0.4, -0.2) is 33.5 Å². The molecule has 0 radical (unpaired) electrons. The number of thiophene rings is 1. The van der Waals surface area contributed by atoms with Crippen molar-refractivity contribution in [3.05, 3.63) is 53.2 Å². The second-order valence-corrected chi connectivity index (χ2v) is 7.52. The molecule has 1 aliphatic heterocycles. The summed E-state index contributed by atoms with van der Waals surface area (Å²) in [6.45, 7) is -0.142. The van der Waals surface area contributed by atoms with Crippen LogP contribution in [0, 0.1) is 5.82 Å². The molecular formula is C14H13Cl2FN2O5S. The van der Waals surface area contributed by atoms with Crippen LogP contribution in [0.2, 0.25) is 9.36 Å². The van der Waals surface area contributed by atoms with E-state index in [1.807, 2.05) is 4.98 Å². The van der Waals surface area contributed by atoms with Gasteiger partial charge in [0.05, 0.1) is 30.5 Å². The summed E-state index contributed by atoms with van der Waals surface area (Å²) in [4.78, 5) is 25.6. The smallest absolute Gasteiger partial charge is 0.330 e. The van der Waals surface area contributed by atoms with Crippen LogP contribution in [0.25, 0.3) is 0 Å². The third-order valence-electron chi connectivity index (χ3n) is 3.73. The highest BCUT2D eigenvalue weighted by Crippen LogP contribution is 2.34. The minimum absolute atomic E-state index is 0.198. The zero-order valence-electron chi connectivity index (χ0n) is 12.6. The van der Waals surface area contributed by atoms with Crippen molar-refractivity contribution >= 4 is 34.5 Å².